The molecule has 17 heavy (non-hydrogen) atoms. The number of hydrogen-bond acceptors (Lipinski definition) is 4. The van der Waals surface area contributed by atoms with E-state index >= 15 is 0 Å². The average Bonchev–Trinajstić information content (AvgIpc) is 2.81. The molecule has 2 atom stereocenters. The second-order valence-electron chi connectivity index (χ2n) is 5.37. The van der Waals surface area contributed by atoms with Gasteiger partial charge in [0.25, 0.3) is 0 Å². The first kappa shape index (κ1) is 12.8. The molecule has 98 valence electrons. The van der Waals surface area contributed by atoms with Crippen molar-refractivity contribution in [2.24, 2.45) is 5.92 Å². The Morgan fingerprint density at radius 3 is 2.47 bits per heavy atom. The molecule has 1 N–H and O–H groups in total. The summed E-state index contributed by atoms with van der Waals surface area (Å²) in [5.41, 5.74) is 0. The van der Waals surface area contributed by atoms with Gasteiger partial charge < -0.3 is 14.8 Å². The summed E-state index contributed by atoms with van der Waals surface area (Å²) in [5, 5.41) is 3.16. The van der Waals surface area contributed by atoms with E-state index in [0.29, 0.717) is 0 Å². The molecular weight excluding hydrogens is 218 g/mol. The lowest BCUT2D eigenvalue weighted by atomic mass is 9.89. The molecule has 1 heterocycles. The summed E-state index contributed by atoms with van der Waals surface area (Å²) in [6, 6.07) is -0.167. The van der Waals surface area contributed by atoms with Crippen LogP contribution in [0.15, 0.2) is 0 Å². The van der Waals surface area contributed by atoms with E-state index in [-0.39, 0.29) is 24.2 Å². The summed E-state index contributed by atoms with van der Waals surface area (Å²) in [4.78, 5) is 11.9. The SMILES string of the molecule is COC1CNC(C(=O)OC2CCC(C)CC2)C1. The van der Waals surface area contributed by atoms with E-state index in [1.807, 2.05) is 0 Å². The van der Waals surface area contributed by atoms with E-state index in [0.717, 1.165) is 31.7 Å². The molecule has 4 heteroatoms. The summed E-state index contributed by atoms with van der Waals surface area (Å²) in [5.74, 6) is 0.691. The van der Waals surface area contributed by atoms with E-state index in [1.165, 1.54) is 12.8 Å². The molecule has 0 radical (unpaired) electrons. The fourth-order valence-electron chi connectivity index (χ4n) is 2.66. The van der Waals surface area contributed by atoms with Gasteiger partial charge in [-0.3, -0.25) is 4.79 Å². The van der Waals surface area contributed by atoms with Crippen molar-refractivity contribution in [3.63, 3.8) is 0 Å². The number of carbonyl (C=O) groups is 1. The zero-order chi connectivity index (χ0) is 12.3. The highest BCUT2D eigenvalue weighted by atomic mass is 16.5. The molecule has 0 amide bonds. The minimum atomic E-state index is -0.167. The van der Waals surface area contributed by atoms with Gasteiger partial charge in [0, 0.05) is 20.1 Å². The van der Waals surface area contributed by atoms with E-state index in [2.05, 4.69) is 12.2 Å². The lowest BCUT2D eigenvalue weighted by Crippen LogP contribution is -2.36. The van der Waals surface area contributed by atoms with Crippen molar-refractivity contribution < 1.29 is 14.3 Å². The van der Waals surface area contributed by atoms with Gasteiger partial charge in [0.05, 0.1) is 6.10 Å². The van der Waals surface area contributed by atoms with Crippen molar-refractivity contribution in [3.05, 3.63) is 0 Å². The van der Waals surface area contributed by atoms with Crippen molar-refractivity contribution in [2.45, 2.75) is 57.3 Å². The number of ether oxygens (including phenoxy) is 2. The Morgan fingerprint density at radius 1 is 1.18 bits per heavy atom. The normalized spacial score (nSPS) is 38.0. The van der Waals surface area contributed by atoms with E-state index in [4.69, 9.17) is 9.47 Å². The number of esters is 1. The van der Waals surface area contributed by atoms with Gasteiger partial charge in [-0.05, 0) is 31.6 Å². The smallest absolute Gasteiger partial charge is 0.323 e. The van der Waals surface area contributed by atoms with Gasteiger partial charge >= 0.3 is 5.97 Å². The Kier molecular flexibility index (Phi) is 4.40. The maximum atomic E-state index is 11.9. The molecular formula is C13H23NO3. The molecule has 2 fully saturated rings. The van der Waals surface area contributed by atoms with Crippen molar-refractivity contribution in [1.82, 2.24) is 5.32 Å². The van der Waals surface area contributed by atoms with Crippen molar-refractivity contribution in [2.75, 3.05) is 13.7 Å². The Labute approximate surface area is 103 Å². The number of carbonyl (C=O) groups excluding carboxylic acids is 1. The number of nitrogens with one attached hydrogen (secondary N) is 1. The molecule has 2 rings (SSSR count). The predicted molar refractivity (Wildman–Crippen MR) is 64.7 cm³/mol. The average molecular weight is 241 g/mol. The first-order valence-corrected chi connectivity index (χ1v) is 6.65. The minimum absolute atomic E-state index is 0.0934. The number of hydrogen-bond donors (Lipinski definition) is 1. The molecule has 1 saturated heterocycles. The largest absolute Gasteiger partial charge is 0.461 e. The first-order chi connectivity index (χ1) is 8.19. The van der Waals surface area contributed by atoms with E-state index in [9.17, 15) is 4.79 Å². The number of methoxy groups -OCH3 is 1. The van der Waals surface area contributed by atoms with Crippen LogP contribution in [-0.4, -0.2) is 37.9 Å². The maximum Gasteiger partial charge on any atom is 0.323 e. The third kappa shape index (κ3) is 3.42. The van der Waals surface area contributed by atoms with Gasteiger partial charge in [-0.1, -0.05) is 6.92 Å². The summed E-state index contributed by atoms with van der Waals surface area (Å²) >= 11 is 0. The van der Waals surface area contributed by atoms with E-state index < -0.39 is 0 Å². The highest BCUT2D eigenvalue weighted by molar-refractivity contribution is 5.76. The van der Waals surface area contributed by atoms with Crippen LogP contribution in [0.2, 0.25) is 0 Å². The molecule has 1 aliphatic carbocycles. The predicted octanol–water partition coefficient (Wildman–Crippen LogP) is 1.49. The summed E-state index contributed by atoms with van der Waals surface area (Å²) in [6.07, 6.45) is 5.42. The van der Waals surface area contributed by atoms with Gasteiger partial charge in [0.2, 0.25) is 0 Å². The molecule has 4 nitrogen and oxygen atoms in total. The quantitative estimate of drug-likeness (QED) is 0.760. The summed E-state index contributed by atoms with van der Waals surface area (Å²) in [6.45, 7) is 3.01. The molecule has 0 aromatic carbocycles. The Bertz CT molecular complexity index is 261. The van der Waals surface area contributed by atoms with Crippen LogP contribution in [0.25, 0.3) is 0 Å². The van der Waals surface area contributed by atoms with Crippen LogP contribution in [0, 0.1) is 5.92 Å². The van der Waals surface area contributed by atoms with Crippen LogP contribution in [-0.2, 0) is 14.3 Å². The second kappa shape index (κ2) is 5.83. The van der Waals surface area contributed by atoms with Gasteiger partial charge in [-0.15, -0.1) is 0 Å². The molecule has 0 spiro atoms. The van der Waals surface area contributed by atoms with E-state index in [1.54, 1.807) is 7.11 Å². The van der Waals surface area contributed by atoms with Crippen LogP contribution in [0.5, 0.6) is 0 Å². The zero-order valence-corrected chi connectivity index (χ0v) is 10.8. The minimum Gasteiger partial charge on any atom is -0.461 e. The van der Waals surface area contributed by atoms with Crippen molar-refractivity contribution in [3.8, 4) is 0 Å². The van der Waals surface area contributed by atoms with Crippen LogP contribution >= 0.6 is 0 Å². The van der Waals surface area contributed by atoms with Gasteiger partial charge in [0.15, 0.2) is 0 Å². The van der Waals surface area contributed by atoms with Crippen LogP contribution in [0.3, 0.4) is 0 Å². The van der Waals surface area contributed by atoms with Crippen LogP contribution in [0.4, 0.5) is 0 Å². The van der Waals surface area contributed by atoms with Crippen molar-refractivity contribution in [1.29, 1.82) is 0 Å². The Balaban J connectivity index is 1.74. The zero-order valence-electron chi connectivity index (χ0n) is 10.8. The monoisotopic (exact) mass is 241 g/mol. The molecule has 0 aromatic heterocycles. The molecule has 2 unspecified atom stereocenters. The van der Waals surface area contributed by atoms with Gasteiger partial charge in [-0.25, -0.2) is 0 Å². The Morgan fingerprint density at radius 2 is 1.88 bits per heavy atom. The fraction of sp³-hybridized carbons (Fsp3) is 0.923. The van der Waals surface area contributed by atoms with Gasteiger partial charge in [0.1, 0.15) is 12.1 Å². The molecule has 1 saturated carbocycles. The lowest BCUT2D eigenvalue weighted by molar-refractivity contribution is -0.153. The molecule has 1 aliphatic heterocycles. The molecule has 0 aromatic rings. The van der Waals surface area contributed by atoms with Crippen LogP contribution in [0.1, 0.15) is 39.0 Å². The van der Waals surface area contributed by atoms with Crippen LogP contribution < -0.4 is 5.32 Å². The fourth-order valence-corrected chi connectivity index (χ4v) is 2.66. The standard InChI is InChI=1S/C13H23NO3/c1-9-3-5-10(6-4-9)17-13(15)12-7-11(16-2)8-14-12/h9-12,14H,3-8H2,1-2H3. The maximum absolute atomic E-state index is 11.9. The third-order valence-electron chi connectivity index (χ3n) is 3.95. The summed E-state index contributed by atoms with van der Waals surface area (Å²) < 4.78 is 10.8. The highest BCUT2D eigenvalue weighted by Crippen LogP contribution is 2.26. The lowest BCUT2D eigenvalue weighted by Gasteiger charge is -2.27. The third-order valence-corrected chi connectivity index (χ3v) is 3.95. The molecule has 0 bridgehead atoms. The Hall–Kier alpha value is -0.610. The first-order valence-electron chi connectivity index (χ1n) is 6.65. The molecule has 2 aliphatic rings. The number of rotatable bonds is 3. The second-order valence-corrected chi connectivity index (χ2v) is 5.37. The highest BCUT2D eigenvalue weighted by Gasteiger charge is 2.32. The summed E-state index contributed by atoms with van der Waals surface area (Å²) in [7, 11) is 1.68. The topological polar surface area (TPSA) is 47.6 Å². The van der Waals surface area contributed by atoms with Crippen molar-refractivity contribution >= 4 is 5.97 Å². The van der Waals surface area contributed by atoms with Gasteiger partial charge in [-0.2, -0.15) is 0 Å².